The van der Waals surface area contributed by atoms with Gasteiger partial charge in [0.25, 0.3) is 0 Å². The largest absolute Gasteiger partial charge is 0.370 e. The van der Waals surface area contributed by atoms with Crippen molar-refractivity contribution in [1.82, 2.24) is 4.98 Å². The molecule has 0 unspecified atom stereocenters. The lowest BCUT2D eigenvalue weighted by Crippen LogP contribution is -1.99. The lowest BCUT2D eigenvalue weighted by Gasteiger charge is -2.08. The summed E-state index contributed by atoms with van der Waals surface area (Å²) in [6, 6.07) is 10.6. The fraction of sp³-hybridized carbons (Fsp3) is 0.214. The second-order valence-corrected chi connectivity index (χ2v) is 3.90. The summed E-state index contributed by atoms with van der Waals surface area (Å²) in [4.78, 5) is 4.49. The van der Waals surface area contributed by atoms with Crippen molar-refractivity contribution in [3.8, 4) is 11.3 Å². The lowest BCUT2D eigenvalue weighted by atomic mass is 10.1. The summed E-state index contributed by atoms with van der Waals surface area (Å²) in [5.41, 5.74) is 2.72. The van der Waals surface area contributed by atoms with Crippen LogP contribution < -0.4 is 5.32 Å². The summed E-state index contributed by atoms with van der Waals surface area (Å²) in [6.45, 7) is 4.75. The van der Waals surface area contributed by atoms with Gasteiger partial charge in [-0.05, 0) is 49.7 Å². The van der Waals surface area contributed by atoms with Crippen molar-refractivity contribution in [2.45, 2.75) is 13.8 Å². The molecular weight excluding hydrogens is 215 g/mol. The Morgan fingerprint density at radius 3 is 2.76 bits per heavy atom. The van der Waals surface area contributed by atoms with Crippen LogP contribution in [0.15, 0.2) is 36.4 Å². The molecule has 1 heterocycles. The first kappa shape index (κ1) is 11.6. The van der Waals surface area contributed by atoms with Gasteiger partial charge in [-0.1, -0.05) is 6.07 Å². The number of hydrogen-bond donors (Lipinski definition) is 1. The Balaban J connectivity index is 2.42. The number of rotatable bonds is 3. The van der Waals surface area contributed by atoms with E-state index in [4.69, 9.17) is 0 Å². The number of pyridine rings is 1. The van der Waals surface area contributed by atoms with Crippen LogP contribution in [0.25, 0.3) is 11.3 Å². The number of hydrogen-bond acceptors (Lipinski definition) is 2. The first-order valence-electron chi connectivity index (χ1n) is 5.68. The van der Waals surface area contributed by atoms with Crippen LogP contribution in [-0.4, -0.2) is 11.5 Å². The van der Waals surface area contributed by atoms with Crippen molar-refractivity contribution in [1.29, 1.82) is 0 Å². The molecule has 1 N–H and O–H groups in total. The number of nitrogens with zero attached hydrogens (tertiary/aromatic N) is 1. The summed E-state index contributed by atoms with van der Waals surface area (Å²) in [6.07, 6.45) is 0. The molecular formula is C14H15FN2. The Morgan fingerprint density at radius 1 is 1.24 bits per heavy atom. The smallest absolute Gasteiger partial charge is 0.126 e. The van der Waals surface area contributed by atoms with E-state index in [1.54, 1.807) is 6.07 Å². The van der Waals surface area contributed by atoms with E-state index in [0.717, 1.165) is 29.2 Å². The molecule has 0 bridgehead atoms. The van der Waals surface area contributed by atoms with E-state index in [1.165, 1.54) is 12.1 Å². The number of aryl methyl sites for hydroxylation is 1. The van der Waals surface area contributed by atoms with Crippen LogP contribution in [0.5, 0.6) is 0 Å². The molecule has 0 spiro atoms. The molecule has 0 fully saturated rings. The standard InChI is InChI=1S/C14H15FN2/c1-3-16-14-6-4-5-13(17-14)12-8-7-11(15)9-10(12)2/h4-9H,3H2,1-2H3,(H,16,17). The summed E-state index contributed by atoms with van der Waals surface area (Å²) in [7, 11) is 0. The minimum atomic E-state index is -0.214. The van der Waals surface area contributed by atoms with Crippen LogP contribution in [0.1, 0.15) is 12.5 Å². The molecule has 0 saturated carbocycles. The third-order valence-electron chi connectivity index (χ3n) is 2.57. The van der Waals surface area contributed by atoms with Gasteiger partial charge in [0.05, 0.1) is 5.69 Å². The van der Waals surface area contributed by atoms with Crippen molar-refractivity contribution in [3.63, 3.8) is 0 Å². The SMILES string of the molecule is CCNc1cccc(-c2ccc(F)cc2C)n1. The van der Waals surface area contributed by atoms with Crippen LogP contribution in [0, 0.1) is 12.7 Å². The Kier molecular flexibility index (Phi) is 3.38. The molecule has 1 aromatic carbocycles. The van der Waals surface area contributed by atoms with Crippen molar-refractivity contribution in [3.05, 3.63) is 47.8 Å². The second-order valence-electron chi connectivity index (χ2n) is 3.90. The van der Waals surface area contributed by atoms with Crippen LogP contribution in [0.3, 0.4) is 0 Å². The Labute approximate surface area is 101 Å². The van der Waals surface area contributed by atoms with Gasteiger partial charge in [0.2, 0.25) is 0 Å². The third-order valence-corrected chi connectivity index (χ3v) is 2.57. The topological polar surface area (TPSA) is 24.9 Å². The van der Waals surface area contributed by atoms with Crippen LogP contribution in [-0.2, 0) is 0 Å². The fourth-order valence-corrected chi connectivity index (χ4v) is 1.78. The number of aromatic nitrogens is 1. The first-order valence-corrected chi connectivity index (χ1v) is 5.68. The highest BCUT2D eigenvalue weighted by molar-refractivity contribution is 5.64. The van der Waals surface area contributed by atoms with Crippen LogP contribution in [0.4, 0.5) is 10.2 Å². The maximum Gasteiger partial charge on any atom is 0.126 e. The van der Waals surface area contributed by atoms with Gasteiger partial charge in [-0.25, -0.2) is 9.37 Å². The highest BCUT2D eigenvalue weighted by Gasteiger charge is 2.05. The molecule has 1 aromatic heterocycles. The second kappa shape index (κ2) is 4.95. The molecule has 88 valence electrons. The zero-order valence-electron chi connectivity index (χ0n) is 10.00. The van der Waals surface area contributed by atoms with Gasteiger partial charge in [-0.2, -0.15) is 0 Å². The van der Waals surface area contributed by atoms with Crippen molar-refractivity contribution in [2.75, 3.05) is 11.9 Å². The molecule has 2 aromatic rings. The van der Waals surface area contributed by atoms with Gasteiger partial charge in [0.15, 0.2) is 0 Å². The third kappa shape index (κ3) is 2.61. The lowest BCUT2D eigenvalue weighted by molar-refractivity contribution is 0.627. The van der Waals surface area contributed by atoms with E-state index in [1.807, 2.05) is 32.0 Å². The molecule has 0 aliphatic carbocycles. The van der Waals surface area contributed by atoms with Gasteiger partial charge in [0.1, 0.15) is 11.6 Å². The van der Waals surface area contributed by atoms with E-state index >= 15 is 0 Å². The molecule has 0 saturated heterocycles. The van der Waals surface area contributed by atoms with Gasteiger partial charge >= 0.3 is 0 Å². The normalized spacial score (nSPS) is 10.3. The number of benzene rings is 1. The Morgan fingerprint density at radius 2 is 2.06 bits per heavy atom. The van der Waals surface area contributed by atoms with Crippen LogP contribution in [0.2, 0.25) is 0 Å². The molecule has 0 radical (unpaired) electrons. The zero-order valence-corrected chi connectivity index (χ0v) is 10.00. The van der Waals surface area contributed by atoms with E-state index < -0.39 is 0 Å². The number of halogens is 1. The summed E-state index contributed by atoms with van der Waals surface area (Å²) < 4.78 is 13.0. The number of nitrogens with one attached hydrogen (secondary N) is 1. The molecule has 0 atom stereocenters. The molecule has 0 aliphatic heterocycles. The predicted molar refractivity (Wildman–Crippen MR) is 68.5 cm³/mol. The summed E-state index contributed by atoms with van der Waals surface area (Å²) >= 11 is 0. The predicted octanol–water partition coefficient (Wildman–Crippen LogP) is 3.63. The quantitative estimate of drug-likeness (QED) is 0.871. The Bertz CT molecular complexity index is 523. The van der Waals surface area contributed by atoms with E-state index in [0.29, 0.717) is 0 Å². The fourth-order valence-electron chi connectivity index (χ4n) is 1.78. The Hall–Kier alpha value is -1.90. The van der Waals surface area contributed by atoms with Gasteiger partial charge in [0, 0.05) is 12.1 Å². The van der Waals surface area contributed by atoms with Crippen molar-refractivity contribution >= 4 is 5.82 Å². The highest BCUT2D eigenvalue weighted by Crippen LogP contribution is 2.23. The van der Waals surface area contributed by atoms with Gasteiger partial charge < -0.3 is 5.32 Å². The van der Waals surface area contributed by atoms with E-state index in [-0.39, 0.29) is 5.82 Å². The average Bonchev–Trinajstić information content (AvgIpc) is 2.29. The van der Waals surface area contributed by atoms with E-state index in [2.05, 4.69) is 10.3 Å². The molecule has 2 nitrogen and oxygen atoms in total. The average molecular weight is 230 g/mol. The van der Waals surface area contributed by atoms with Gasteiger partial charge in [-0.3, -0.25) is 0 Å². The van der Waals surface area contributed by atoms with Crippen molar-refractivity contribution in [2.24, 2.45) is 0 Å². The number of anilines is 1. The molecule has 2 rings (SSSR count). The summed E-state index contributed by atoms with van der Waals surface area (Å²) in [5.74, 6) is 0.628. The first-order chi connectivity index (χ1) is 8.20. The zero-order chi connectivity index (χ0) is 12.3. The van der Waals surface area contributed by atoms with Crippen LogP contribution >= 0.6 is 0 Å². The molecule has 0 aliphatic rings. The molecule has 3 heteroatoms. The van der Waals surface area contributed by atoms with E-state index in [9.17, 15) is 4.39 Å². The van der Waals surface area contributed by atoms with Gasteiger partial charge in [-0.15, -0.1) is 0 Å². The summed E-state index contributed by atoms with van der Waals surface area (Å²) in [5, 5.41) is 3.16. The maximum absolute atomic E-state index is 13.0. The molecule has 0 amide bonds. The monoisotopic (exact) mass is 230 g/mol. The van der Waals surface area contributed by atoms with Crippen molar-refractivity contribution < 1.29 is 4.39 Å². The molecule has 17 heavy (non-hydrogen) atoms. The minimum Gasteiger partial charge on any atom is -0.370 e. The minimum absolute atomic E-state index is 0.214. The maximum atomic E-state index is 13.0. The highest BCUT2D eigenvalue weighted by atomic mass is 19.1.